The number of para-hydroxylation sites is 1. The molecule has 0 N–H and O–H groups in total. The fraction of sp³-hybridized carbons (Fsp3) is 0.0556. The van der Waals surface area contributed by atoms with Gasteiger partial charge in [-0.2, -0.15) is 5.10 Å². The molecule has 4 heteroatoms. The standard InChI is InChI=1S/C18H14N4/c1-13-17-18(22(21-13)15-10-6-3-7-11-15)19-12-16(20-17)14-8-4-2-5-9-14/h2-12H,1H3. The van der Waals surface area contributed by atoms with Crippen LogP contribution in [0.15, 0.2) is 66.9 Å². The monoisotopic (exact) mass is 286 g/mol. The Labute approximate surface area is 128 Å². The van der Waals surface area contributed by atoms with Crippen molar-refractivity contribution in [1.29, 1.82) is 0 Å². The summed E-state index contributed by atoms with van der Waals surface area (Å²) in [5, 5.41) is 4.59. The second-order valence-corrected chi connectivity index (χ2v) is 5.13. The minimum Gasteiger partial charge on any atom is -0.241 e. The molecule has 4 aromatic rings. The van der Waals surface area contributed by atoms with Crippen LogP contribution in [0.2, 0.25) is 0 Å². The summed E-state index contributed by atoms with van der Waals surface area (Å²) < 4.78 is 1.84. The highest BCUT2D eigenvalue weighted by molar-refractivity contribution is 5.78. The molecular formula is C18H14N4. The minimum absolute atomic E-state index is 0.781. The van der Waals surface area contributed by atoms with E-state index in [9.17, 15) is 0 Å². The molecule has 0 bridgehead atoms. The van der Waals surface area contributed by atoms with E-state index in [0.717, 1.165) is 33.8 Å². The molecule has 0 fully saturated rings. The number of hydrogen-bond acceptors (Lipinski definition) is 3. The van der Waals surface area contributed by atoms with Crippen molar-refractivity contribution in [3.8, 4) is 16.9 Å². The van der Waals surface area contributed by atoms with Gasteiger partial charge in [0.1, 0.15) is 5.52 Å². The molecular weight excluding hydrogens is 272 g/mol. The van der Waals surface area contributed by atoms with Gasteiger partial charge in [0, 0.05) is 5.56 Å². The molecule has 2 aromatic carbocycles. The maximum Gasteiger partial charge on any atom is 0.181 e. The summed E-state index contributed by atoms with van der Waals surface area (Å²) in [7, 11) is 0. The molecule has 0 spiro atoms. The molecule has 0 radical (unpaired) electrons. The van der Waals surface area contributed by atoms with Crippen molar-refractivity contribution >= 4 is 11.2 Å². The first-order chi connectivity index (χ1) is 10.8. The zero-order valence-corrected chi connectivity index (χ0v) is 12.1. The highest BCUT2D eigenvalue weighted by Crippen LogP contribution is 2.22. The summed E-state index contributed by atoms with van der Waals surface area (Å²) in [6.45, 7) is 1.96. The molecule has 0 saturated heterocycles. The maximum absolute atomic E-state index is 4.75. The van der Waals surface area contributed by atoms with E-state index in [1.807, 2.05) is 72.3 Å². The zero-order chi connectivity index (χ0) is 14.9. The Hall–Kier alpha value is -3.01. The van der Waals surface area contributed by atoms with E-state index in [4.69, 9.17) is 4.98 Å². The summed E-state index contributed by atoms with van der Waals surface area (Å²) >= 11 is 0. The fourth-order valence-corrected chi connectivity index (χ4v) is 2.52. The molecule has 0 aliphatic carbocycles. The second kappa shape index (κ2) is 5.07. The maximum atomic E-state index is 4.75. The van der Waals surface area contributed by atoms with E-state index in [2.05, 4.69) is 10.1 Å². The van der Waals surface area contributed by atoms with Gasteiger partial charge in [0.25, 0.3) is 0 Å². The van der Waals surface area contributed by atoms with Crippen molar-refractivity contribution in [2.24, 2.45) is 0 Å². The predicted octanol–water partition coefficient (Wildman–Crippen LogP) is 3.79. The van der Waals surface area contributed by atoms with Crippen LogP contribution in [0, 0.1) is 6.92 Å². The van der Waals surface area contributed by atoms with E-state index in [1.54, 1.807) is 6.20 Å². The van der Waals surface area contributed by atoms with Gasteiger partial charge < -0.3 is 0 Å². The van der Waals surface area contributed by atoms with Crippen molar-refractivity contribution in [1.82, 2.24) is 19.7 Å². The number of rotatable bonds is 2. The average molecular weight is 286 g/mol. The normalized spacial score (nSPS) is 11.0. The molecule has 0 unspecified atom stereocenters. The van der Waals surface area contributed by atoms with Crippen LogP contribution in [0.25, 0.3) is 28.1 Å². The lowest BCUT2D eigenvalue weighted by molar-refractivity contribution is 0.878. The molecule has 4 nitrogen and oxygen atoms in total. The molecule has 2 aromatic heterocycles. The molecule has 0 aliphatic heterocycles. The van der Waals surface area contributed by atoms with Gasteiger partial charge in [-0.1, -0.05) is 48.5 Å². The van der Waals surface area contributed by atoms with Gasteiger partial charge in [0.2, 0.25) is 0 Å². The largest absolute Gasteiger partial charge is 0.241 e. The second-order valence-electron chi connectivity index (χ2n) is 5.13. The highest BCUT2D eigenvalue weighted by Gasteiger charge is 2.12. The fourth-order valence-electron chi connectivity index (χ4n) is 2.52. The third-order valence-electron chi connectivity index (χ3n) is 3.62. The lowest BCUT2D eigenvalue weighted by atomic mass is 10.2. The molecule has 0 saturated carbocycles. The number of fused-ring (bicyclic) bond motifs is 1. The third-order valence-corrected chi connectivity index (χ3v) is 3.62. The number of hydrogen-bond donors (Lipinski definition) is 0. The van der Waals surface area contributed by atoms with E-state index < -0.39 is 0 Å². The summed E-state index contributed by atoms with van der Waals surface area (Å²) in [5.74, 6) is 0. The van der Waals surface area contributed by atoms with Crippen molar-refractivity contribution < 1.29 is 0 Å². The Kier molecular flexibility index (Phi) is 2.93. The van der Waals surface area contributed by atoms with Gasteiger partial charge in [0.05, 0.1) is 23.3 Å². The van der Waals surface area contributed by atoms with Crippen LogP contribution in [0.4, 0.5) is 0 Å². The molecule has 0 amide bonds. The number of aryl methyl sites for hydroxylation is 1. The van der Waals surface area contributed by atoms with Crippen molar-refractivity contribution in [2.45, 2.75) is 6.92 Å². The topological polar surface area (TPSA) is 43.6 Å². The van der Waals surface area contributed by atoms with Crippen LogP contribution >= 0.6 is 0 Å². The smallest absolute Gasteiger partial charge is 0.181 e. The molecule has 106 valence electrons. The van der Waals surface area contributed by atoms with Gasteiger partial charge in [-0.3, -0.25) is 0 Å². The van der Waals surface area contributed by atoms with E-state index in [-0.39, 0.29) is 0 Å². The first kappa shape index (κ1) is 12.7. The Bertz CT molecular complexity index is 927. The van der Waals surface area contributed by atoms with Crippen molar-refractivity contribution in [2.75, 3.05) is 0 Å². The van der Waals surface area contributed by atoms with Crippen molar-refractivity contribution in [3.63, 3.8) is 0 Å². The summed E-state index contributed by atoms with van der Waals surface area (Å²) in [6, 6.07) is 20.1. The quantitative estimate of drug-likeness (QED) is 0.563. The lowest BCUT2D eigenvalue weighted by Gasteiger charge is -2.03. The Balaban J connectivity index is 1.91. The molecule has 0 aliphatic rings. The zero-order valence-electron chi connectivity index (χ0n) is 12.1. The van der Waals surface area contributed by atoms with E-state index >= 15 is 0 Å². The lowest BCUT2D eigenvalue weighted by Crippen LogP contribution is -1.97. The summed E-state index contributed by atoms with van der Waals surface area (Å²) in [6.07, 6.45) is 1.80. The minimum atomic E-state index is 0.781. The molecule has 22 heavy (non-hydrogen) atoms. The first-order valence-corrected chi connectivity index (χ1v) is 7.16. The first-order valence-electron chi connectivity index (χ1n) is 7.16. The molecule has 0 atom stereocenters. The summed E-state index contributed by atoms with van der Waals surface area (Å²) in [4.78, 5) is 9.34. The number of nitrogens with zero attached hydrogens (tertiary/aromatic N) is 4. The third kappa shape index (κ3) is 2.05. The van der Waals surface area contributed by atoms with Crippen LogP contribution < -0.4 is 0 Å². The van der Waals surface area contributed by atoms with Gasteiger partial charge in [-0.25, -0.2) is 14.6 Å². The predicted molar refractivity (Wildman–Crippen MR) is 86.8 cm³/mol. The SMILES string of the molecule is Cc1nn(-c2ccccc2)c2ncc(-c3ccccc3)nc12. The van der Waals surface area contributed by atoms with Crippen LogP contribution in [0.1, 0.15) is 5.69 Å². The van der Waals surface area contributed by atoms with Crippen molar-refractivity contribution in [3.05, 3.63) is 72.6 Å². The van der Waals surface area contributed by atoms with E-state index in [0.29, 0.717) is 0 Å². The number of aromatic nitrogens is 4. The molecule has 2 heterocycles. The van der Waals surface area contributed by atoms with Crippen LogP contribution in [0.5, 0.6) is 0 Å². The number of benzene rings is 2. The Morgan fingerprint density at radius 3 is 2.27 bits per heavy atom. The van der Waals surface area contributed by atoms with Gasteiger partial charge in [0.15, 0.2) is 5.65 Å². The van der Waals surface area contributed by atoms with Crippen LogP contribution in [-0.4, -0.2) is 19.7 Å². The molecule has 4 rings (SSSR count). The Morgan fingerprint density at radius 1 is 0.864 bits per heavy atom. The Morgan fingerprint density at radius 2 is 1.55 bits per heavy atom. The summed E-state index contributed by atoms with van der Waals surface area (Å²) in [5.41, 5.74) is 5.41. The van der Waals surface area contributed by atoms with Gasteiger partial charge >= 0.3 is 0 Å². The van der Waals surface area contributed by atoms with Gasteiger partial charge in [-0.05, 0) is 19.1 Å². The highest BCUT2D eigenvalue weighted by atomic mass is 15.3. The van der Waals surface area contributed by atoms with Crippen LogP contribution in [0.3, 0.4) is 0 Å². The van der Waals surface area contributed by atoms with E-state index in [1.165, 1.54) is 0 Å². The van der Waals surface area contributed by atoms with Crippen LogP contribution in [-0.2, 0) is 0 Å². The average Bonchev–Trinajstić information content (AvgIpc) is 2.93. The van der Waals surface area contributed by atoms with Gasteiger partial charge in [-0.15, -0.1) is 0 Å².